The maximum atomic E-state index is 13.4. The predicted molar refractivity (Wildman–Crippen MR) is 248 cm³/mol. The number of rotatable bonds is 14. The third-order valence-electron chi connectivity index (χ3n) is 13.4. The Kier molecular flexibility index (Phi) is 16.4. The number of esters is 1. The molecule has 5 rings (SSSR count). The van der Waals surface area contributed by atoms with E-state index in [9.17, 15) is 9.59 Å². The van der Waals surface area contributed by atoms with E-state index in [1.54, 1.807) is 11.2 Å². The molecule has 11 atom stereocenters. The van der Waals surface area contributed by atoms with Crippen LogP contribution >= 0.6 is 0 Å². The molecule has 0 radical (unpaired) electrons. The van der Waals surface area contributed by atoms with Crippen molar-refractivity contribution in [2.45, 2.75) is 205 Å². The van der Waals surface area contributed by atoms with Gasteiger partial charge in [0.25, 0.3) is 0 Å². The van der Waals surface area contributed by atoms with Gasteiger partial charge in [-0.2, -0.15) is 0 Å². The Morgan fingerprint density at radius 2 is 1.68 bits per heavy atom. The van der Waals surface area contributed by atoms with Gasteiger partial charge in [0.2, 0.25) is 5.89 Å². The standard InChI is InChI=1S/C50H78N2O10Si/c1-17-20-36-23-31(3)24-37(57-36)26-38-27-39(62-63(15,16)49(10,11)12)28-42(58-38)40-30-55-43(51-40)22-19-21-41-33(5)46(60-44(53)18-2)34(6)45(59-41)32(4)25-35-29-56-50(13,14)52(35)47(54)61-48(7,8)9/h17-19,22,25,30,33-39,41-42,45-46H,1-3,20-21,23-24,26-29H2,4-16H3/b22-19+,32-25+/t33-,34-,35+,36-,37+,38?,39+,41-,42+,45-,46-/m0/s1. The molecule has 0 aromatic carbocycles. The topological polar surface area (TPSA) is 128 Å². The lowest BCUT2D eigenvalue weighted by Crippen LogP contribution is -2.51. The van der Waals surface area contributed by atoms with Crippen molar-refractivity contribution in [3.8, 4) is 0 Å². The van der Waals surface area contributed by atoms with Crippen LogP contribution in [0.3, 0.4) is 0 Å². The summed E-state index contributed by atoms with van der Waals surface area (Å²) in [6.07, 6.45) is 14.0. The molecule has 4 fully saturated rings. The van der Waals surface area contributed by atoms with Crippen LogP contribution in [-0.2, 0) is 37.6 Å². The summed E-state index contributed by atoms with van der Waals surface area (Å²) < 4.78 is 51.1. The number of carbonyl (C=O) groups is 2. The maximum Gasteiger partial charge on any atom is 0.413 e. The fourth-order valence-corrected chi connectivity index (χ4v) is 10.6. The van der Waals surface area contributed by atoms with Gasteiger partial charge in [-0.3, -0.25) is 4.90 Å². The summed E-state index contributed by atoms with van der Waals surface area (Å²) in [7, 11) is -2.08. The molecule has 1 aromatic rings. The molecule has 1 unspecified atom stereocenters. The number of amides is 1. The molecule has 4 aliphatic rings. The molecule has 1 aromatic heterocycles. The van der Waals surface area contributed by atoms with Gasteiger partial charge in [0.15, 0.2) is 8.32 Å². The average molecular weight is 895 g/mol. The number of aromatic nitrogens is 1. The largest absolute Gasteiger partial charge is 0.458 e. The Bertz CT molecular complexity index is 1840. The van der Waals surface area contributed by atoms with Crippen molar-refractivity contribution in [2.24, 2.45) is 11.8 Å². The molecule has 12 nitrogen and oxygen atoms in total. The van der Waals surface area contributed by atoms with E-state index in [-0.39, 0.29) is 59.5 Å². The Labute approximate surface area is 379 Å². The predicted octanol–water partition coefficient (Wildman–Crippen LogP) is 11.2. The molecule has 0 saturated carbocycles. The first kappa shape index (κ1) is 50.7. The Hall–Kier alpha value is -3.33. The number of ether oxygens (including phenoxy) is 6. The molecule has 1 amide bonds. The minimum atomic E-state index is -2.08. The van der Waals surface area contributed by atoms with Gasteiger partial charge in [0.1, 0.15) is 35.5 Å². The van der Waals surface area contributed by atoms with Crippen LogP contribution in [0.1, 0.15) is 139 Å². The van der Waals surface area contributed by atoms with E-state index in [2.05, 4.69) is 53.6 Å². The molecule has 0 N–H and O–H groups in total. The second-order valence-electron chi connectivity index (χ2n) is 21.3. The minimum absolute atomic E-state index is 0.00934. The molecule has 63 heavy (non-hydrogen) atoms. The monoisotopic (exact) mass is 895 g/mol. The normalized spacial score (nSPS) is 32.1. The third kappa shape index (κ3) is 13.2. The van der Waals surface area contributed by atoms with Crippen molar-refractivity contribution in [3.63, 3.8) is 0 Å². The Morgan fingerprint density at radius 1 is 0.984 bits per heavy atom. The summed E-state index contributed by atoms with van der Waals surface area (Å²) >= 11 is 0. The van der Waals surface area contributed by atoms with E-state index in [1.165, 1.54) is 11.6 Å². The first-order valence-electron chi connectivity index (χ1n) is 23.0. The molecular formula is C50H78N2O10Si. The fourth-order valence-electron chi connectivity index (χ4n) is 9.19. The molecule has 0 aliphatic carbocycles. The van der Waals surface area contributed by atoms with Crippen molar-refractivity contribution >= 4 is 26.5 Å². The van der Waals surface area contributed by atoms with Crippen LogP contribution in [0.4, 0.5) is 4.79 Å². The zero-order valence-corrected chi connectivity index (χ0v) is 41.6. The first-order chi connectivity index (χ1) is 29.3. The third-order valence-corrected chi connectivity index (χ3v) is 17.9. The van der Waals surface area contributed by atoms with Crippen LogP contribution in [0.5, 0.6) is 0 Å². The highest BCUT2D eigenvalue weighted by atomic mass is 28.4. The minimum Gasteiger partial charge on any atom is -0.458 e. The Balaban J connectivity index is 1.32. The van der Waals surface area contributed by atoms with Crippen LogP contribution in [0.25, 0.3) is 6.08 Å². The highest BCUT2D eigenvalue weighted by Gasteiger charge is 2.48. The molecule has 352 valence electrons. The first-order valence-corrected chi connectivity index (χ1v) is 25.9. The van der Waals surface area contributed by atoms with Gasteiger partial charge in [-0.1, -0.05) is 71.6 Å². The zero-order valence-electron chi connectivity index (χ0n) is 40.6. The molecule has 0 bridgehead atoms. The summed E-state index contributed by atoms with van der Waals surface area (Å²) in [4.78, 5) is 32.6. The average Bonchev–Trinajstić information content (AvgIpc) is 3.75. The molecule has 13 heteroatoms. The summed E-state index contributed by atoms with van der Waals surface area (Å²) in [6, 6.07) is -0.385. The maximum absolute atomic E-state index is 13.4. The smallest absolute Gasteiger partial charge is 0.413 e. The van der Waals surface area contributed by atoms with Crippen LogP contribution in [-0.4, -0.2) is 97.0 Å². The van der Waals surface area contributed by atoms with Gasteiger partial charge in [0.05, 0.1) is 49.3 Å². The van der Waals surface area contributed by atoms with E-state index in [4.69, 9.17) is 42.2 Å². The van der Waals surface area contributed by atoms with Gasteiger partial charge < -0.3 is 37.3 Å². The summed E-state index contributed by atoms with van der Waals surface area (Å²) in [5.41, 5.74) is 1.30. The van der Waals surface area contributed by atoms with Crippen LogP contribution in [0, 0.1) is 11.8 Å². The number of carbonyl (C=O) groups excluding carboxylic acids is 2. The fraction of sp³-hybridized carbons (Fsp3) is 0.700. The lowest BCUT2D eigenvalue weighted by atomic mass is 9.79. The van der Waals surface area contributed by atoms with Gasteiger partial charge in [-0.15, -0.1) is 6.58 Å². The van der Waals surface area contributed by atoms with Crippen molar-refractivity contribution in [1.29, 1.82) is 0 Å². The lowest BCUT2D eigenvalue weighted by Gasteiger charge is -2.45. The SMILES string of the molecule is C=CC[C@H]1CC(=C)C[C@H](CC2C[C@@H](O[Si](C)(C)C(C)(C)C)C[C@H](c3coc(/C=C/C[C@@H]4O[C@@H](/C(C)=C/[C@@H]5COC(C)(C)N5C(=O)OC(C)(C)C)[C@H](C)[C@@H](OC(=O)C=C)[C@H]4C)n3)O2)O1. The molecular weight excluding hydrogens is 817 g/mol. The van der Waals surface area contributed by atoms with Gasteiger partial charge in [-0.05, 0) is 103 Å². The van der Waals surface area contributed by atoms with E-state index < -0.39 is 43.9 Å². The van der Waals surface area contributed by atoms with Crippen LogP contribution < -0.4 is 0 Å². The van der Waals surface area contributed by atoms with Gasteiger partial charge in [-0.25, -0.2) is 14.6 Å². The number of hydrogen-bond acceptors (Lipinski definition) is 11. The van der Waals surface area contributed by atoms with Gasteiger partial charge in [0, 0.05) is 30.8 Å². The quantitative estimate of drug-likeness (QED) is 0.0766. The molecule has 4 saturated heterocycles. The highest BCUT2D eigenvalue weighted by Crippen LogP contribution is 2.43. The van der Waals surface area contributed by atoms with Crippen molar-refractivity contribution in [1.82, 2.24) is 9.88 Å². The van der Waals surface area contributed by atoms with Gasteiger partial charge >= 0.3 is 12.1 Å². The zero-order chi connectivity index (χ0) is 46.7. The summed E-state index contributed by atoms with van der Waals surface area (Å²) in [5.74, 6) is -0.363. The molecule has 0 spiro atoms. The van der Waals surface area contributed by atoms with Crippen molar-refractivity contribution in [3.05, 3.63) is 73.0 Å². The van der Waals surface area contributed by atoms with E-state index in [0.29, 0.717) is 25.3 Å². The highest BCUT2D eigenvalue weighted by molar-refractivity contribution is 6.74. The number of nitrogens with zero attached hydrogens (tertiary/aromatic N) is 2. The van der Waals surface area contributed by atoms with E-state index in [0.717, 1.165) is 43.4 Å². The molecule has 4 aliphatic heterocycles. The number of hydrogen-bond donors (Lipinski definition) is 0. The second kappa shape index (κ2) is 20.5. The molecule has 5 heterocycles. The summed E-state index contributed by atoms with van der Waals surface area (Å²) in [6.45, 7) is 38.9. The van der Waals surface area contributed by atoms with Crippen molar-refractivity contribution in [2.75, 3.05) is 6.61 Å². The van der Waals surface area contributed by atoms with Crippen LogP contribution in [0.2, 0.25) is 18.1 Å². The lowest BCUT2D eigenvalue weighted by molar-refractivity contribution is -0.180. The Morgan fingerprint density at radius 3 is 2.33 bits per heavy atom. The van der Waals surface area contributed by atoms with Crippen molar-refractivity contribution < 1.29 is 46.9 Å². The second-order valence-corrected chi connectivity index (χ2v) is 26.0. The van der Waals surface area contributed by atoms with Crippen LogP contribution in [0.15, 0.2) is 65.9 Å². The number of oxazole rings is 1. The summed E-state index contributed by atoms with van der Waals surface area (Å²) in [5, 5.41) is 0.0648. The van der Waals surface area contributed by atoms with E-state index >= 15 is 0 Å². The van der Waals surface area contributed by atoms with E-state index in [1.807, 2.05) is 79.7 Å².